The number of amides is 1. The van der Waals surface area contributed by atoms with E-state index in [1.165, 1.54) is 0 Å². The molecule has 0 unspecified atom stereocenters. The van der Waals surface area contributed by atoms with E-state index < -0.39 is 24.4 Å². The van der Waals surface area contributed by atoms with E-state index in [2.05, 4.69) is 40.6 Å². The molecule has 1 fully saturated rings. The average Bonchev–Trinajstić information content (AvgIpc) is 3.27. The molecule has 5 rings (SSSR count). The van der Waals surface area contributed by atoms with Crippen LogP contribution in [0.1, 0.15) is 50.3 Å². The zero-order chi connectivity index (χ0) is 24.8. The third kappa shape index (κ3) is 4.07. The Morgan fingerprint density at radius 1 is 1.06 bits per heavy atom. The summed E-state index contributed by atoms with van der Waals surface area (Å²) in [7, 11) is -0.650. The van der Waals surface area contributed by atoms with Crippen LogP contribution < -0.4 is 10.8 Å². The first-order valence-electron chi connectivity index (χ1n) is 11.6. The highest BCUT2D eigenvalue weighted by molar-refractivity contribution is 6.62. The standard InChI is InChI=1S/C27H26BN3O4/c1-26(2)27(3,4)35-28(34-26)18-13-17(14-29)24(30-15-18)31-25(32)33-16-23-21-11-7-5-9-19(21)20-10-6-8-12-22(20)23/h5-13,15,23H,16H2,1-4H3,(H,30,31,32). The zero-order valence-corrected chi connectivity index (χ0v) is 20.2. The van der Waals surface area contributed by atoms with Crippen LogP contribution in [0.15, 0.2) is 60.8 Å². The number of nitrogens with zero attached hydrogens (tertiary/aromatic N) is 2. The Bertz CT molecular complexity index is 1290. The van der Waals surface area contributed by atoms with E-state index in [0.717, 1.165) is 22.3 Å². The fraction of sp³-hybridized carbons (Fsp3) is 0.296. The van der Waals surface area contributed by atoms with E-state index in [9.17, 15) is 10.1 Å². The number of hydrogen-bond acceptors (Lipinski definition) is 6. The van der Waals surface area contributed by atoms with Crippen molar-refractivity contribution < 1.29 is 18.8 Å². The summed E-state index contributed by atoms with van der Waals surface area (Å²) < 4.78 is 17.7. The Hall–Kier alpha value is -3.67. The van der Waals surface area contributed by atoms with Gasteiger partial charge in [-0.25, -0.2) is 9.78 Å². The number of nitrogens with one attached hydrogen (secondary N) is 1. The summed E-state index contributed by atoms with van der Waals surface area (Å²) in [4.78, 5) is 16.9. The van der Waals surface area contributed by atoms with Crippen LogP contribution in [0, 0.1) is 11.3 Å². The molecule has 1 N–H and O–H groups in total. The van der Waals surface area contributed by atoms with Gasteiger partial charge in [-0.3, -0.25) is 5.32 Å². The van der Waals surface area contributed by atoms with Gasteiger partial charge in [0.05, 0.1) is 16.8 Å². The molecule has 1 amide bonds. The first-order valence-corrected chi connectivity index (χ1v) is 11.6. The van der Waals surface area contributed by atoms with Crippen LogP contribution in [0.25, 0.3) is 11.1 Å². The molecule has 7 nitrogen and oxygen atoms in total. The Morgan fingerprint density at radius 2 is 1.63 bits per heavy atom. The maximum absolute atomic E-state index is 12.6. The lowest BCUT2D eigenvalue weighted by Crippen LogP contribution is -2.41. The molecule has 0 spiro atoms. The van der Waals surface area contributed by atoms with Gasteiger partial charge in [0, 0.05) is 17.6 Å². The molecule has 1 saturated heterocycles. The number of anilines is 1. The second-order valence-corrected chi connectivity index (χ2v) is 9.82. The van der Waals surface area contributed by atoms with Gasteiger partial charge in [0.2, 0.25) is 0 Å². The highest BCUT2D eigenvalue weighted by atomic mass is 16.7. The lowest BCUT2D eigenvalue weighted by atomic mass is 9.79. The van der Waals surface area contributed by atoms with Crippen LogP contribution in [-0.2, 0) is 14.0 Å². The molecule has 35 heavy (non-hydrogen) atoms. The molecular formula is C27H26BN3O4. The molecule has 1 aliphatic carbocycles. The van der Waals surface area contributed by atoms with E-state index in [0.29, 0.717) is 5.46 Å². The normalized spacial score (nSPS) is 17.4. The van der Waals surface area contributed by atoms with Gasteiger partial charge in [-0.2, -0.15) is 5.26 Å². The van der Waals surface area contributed by atoms with Crippen molar-refractivity contribution in [2.45, 2.75) is 44.8 Å². The maximum atomic E-state index is 12.6. The van der Waals surface area contributed by atoms with Gasteiger partial charge in [0.25, 0.3) is 0 Å². The number of carbonyl (C=O) groups is 1. The predicted octanol–water partition coefficient (Wildman–Crippen LogP) is 4.61. The maximum Gasteiger partial charge on any atom is 0.496 e. The number of rotatable bonds is 4. The second kappa shape index (κ2) is 8.53. The minimum Gasteiger partial charge on any atom is -0.448 e. The summed E-state index contributed by atoms with van der Waals surface area (Å²) in [5.74, 6) is 0.0762. The molecule has 0 atom stereocenters. The fourth-order valence-electron chi connectivity index (χ4n) is 4.50. The van der Waals surface area contributed by atoms with E-state index in [4.69, 9.17) is 14.0 Å². The molecule has 2 aromatic carbocycles. The van der Waals surface area contributed by atoms with Crippen molar-refractivity contribution in [1.29, 1.82) is 5.26 Å². The molecule has 0 bridgehead atoms. The van der Waals surface area contributed by atoms with Crippen LogP contribution in [0.2, 0.25) is 0 Å². The third-order valence-corrected chi connectivity index (χ3v) is 7.12. The first kappa shape index (κ1) is 23.1. The molecule has 1 aliphatic heterocycles. The van der Waals surface area contributed by atoms with E-state index in [-0.39, 0.29) is 23.9 Å². The van der Waals surface area contributed by atoms with Crippen LogP contribution in [0.5, 0.6) is 0 Å². The predicted molar refractivity (Wildman–Crippen MR) is 133 cm³/mol. The van der Waals surface area contributed by atoms with Gasteiger partial charge in [0.15, 0.2) is 5.82 Å². The van der Waals surface area contributed by atoms with Crippen molar-refractivity contribution in [2.24, 2.45) is 0 Å². The molecule has 0 saturated carbocycles. The van der Waals surface area contributed by atoms with Crippen LogP contribution in [-0.4, -0.2) is 36.0 Å². The summed E-state index contributed by atoms with van der Waals surface area (Å²) >= 11 is 0. The van der Waals surface area contributed by atoms with Crippen molar-refractivity contribution in [3.05, 3.63) is 77.5 Å². The SMILES string of the molecule is CC1(C)OB(c2cnc(NC(=O)OCC3c4ccccc4-c4ccccc43)c(C#N)c2)OC1(C)C. The Morgan fingerprint density at radius 3 is 2.20 bits per heavy atom. The summed E-state index contributed by atoms with van der Waals surface area (Å²) in [5.41, 5.74) is 4.36. The molecule has 2 heterocycles. The molecule has 1 aromatic heterocycles. The lowest BCUT2D eigenvalue weighted by molar-refractivity contribution is 0.00578. The van der Waals surface area contributed by atoms with Gasteiger partial charge in [0.1, 0.15) is 12.7 Å². The second-order valence-electron chi connectivity index (χ2n) is 9.82. The summed E-state index contributed by atoms with van der Waals surface area (Å²) in [6, 6.07) is 20.0. The monoisotopic (exact) mass is 467 g/mol. The number of carbonyl (C=O) groups excluding carboxylic acids is 1. The van der Waals surface area contributed by atoms with Crippen molar-refractivity contribution in [2.75, 3.05) is 11.9 Å². The zero-order valence-electron chi connectivity index (χ0n) is 20.2. The molecule has 2 aliphatic rings. The largest absolute Gasteiger partial charge is 0.496 e. The van der Waals surface area contributed by atoms with Crippen molar-refractivity contribution in [3.63, 3.8) is 0 Å². The van der Waals surface area contributed by atoms with Crippen molar-refractivity contribution >= 4 is 24.5 Å². The van der Waals surface area contributed by atoms with Gasteiger partial charge in [-0.15, -0.1) is 0 Å². The van der Waals surface area contributed by atoms with Crippen molar-refractivity contribution in [1.82, 2.24) is 4.98 Å². The number of benzene rings is 2. The average molecular weight is 467 g/mol. The number of ether oxygens (including phenoxy) is 1. The van der Waals surface area contributed by atoms with E-state index in [1.807, 2.05) is 52.0 Å². The minimum absolute atomic E-state index is 0.0534. The van der Waals surface area contributed by atoms with Crippen LogP contribution in [0.3, 0.4) is 0 Å². The molecule has 0 radical (unpaired) electrons. The highest BCUT2D eigenvalue weighted by Gasteiger charge is 2.52. The minimum atomic E-state index is -0.667. The molecular weight excluding hydrogens is 441 g/mol. The highest BCUT2D eigenvalue weighted by Crippen LogP contribution is 2.44. The molecule has 3 aromatic rings. The van der Waals surface area contributed by atoms with E-state index in [1.54, 1.807) is 12.3 Å². The summed E-state index contributed by atoms with van der Waals surface area (Å²) in [5, 5.41) is 12.3. The van der Waals surface area contributed by atoms with Crippen LogP contribution in [0.4, 0.5) is 10.6 Å². The first-order chi connectivity index (χ1) is 16.7. The van der Waals surface area contributed by atoms with E-state index >= 15 is 0 Å². The van der Waals surface area contributed by atoms with Gasteiger partial charge in [-0.05, 0) is 56.0 Å². The smallest absolute Gasteiger partial charge is 0.448 e. The number of aromatic nitrogens is 1. The Balaban J connectivity index is 1.28. The number of nitriles is 1. The quantitative estimate of drug-likeness (QED) is 0.564. The summed E-state index contributed by atoms with van der Waals surface area (Å²) in [6.07, 6.45) is 0.876. The fourth-order valence-corrected chi connectivity index (χ4v) is 4.50. The van der Waals surface area contributed by atoms with Gasteiger partial charge < -0.3 is 14.0 Å². The Labute approximate surface area is 205 Å². The third-order valence-electron chi connectivity index (χ3n) is 7.12. The Kier molecular flexibility index (Phi) is 5.63. The summed E-state index contributed by atoms with van der Waals surface area (Å²) in [6.45, 7) is 8.00. The van der Waals surface area contributed by atoms with Gasteiger partial charge in [-0.1, -0.05) is 48.5 Å². The van der Waals surface area contributed by atoms with Crippen molar-refractivity contribution in [3.8, 4) is 17.2 Å². The van der Waals surface area contributed by atoms with Gasteiger partial charge >= 0.3 is 13.2 Å². The van der Waals surface area contributed by atoms with Crippen LogP contribution >= 0.6 is 0 Å². The number of pyridine rings is 1. The lowest BCUT2D eigenvalue weighted by Gasteiger charge is -2.32. The molecule has 8 heteroatoms. The molecule has 176 valence electrons. The number of fused-ring (bicyclic) bond motifs is 3. The topological polar surface area (TPSA) is 93.5 Å². The number of hydrogen-bond donors (Lipinski definition) is 1.